The summed E-state index contributed by atoms with van der Waals surface area (Å²) in [6, 6.07) is 9.12. The standard InChI is InChI=1S/C20H27N3O4S/c1-15-19(16(2)27-22-15)11-20(24)23-10-6-9-18(13-23)12-21-28(25,26)14-17-7-4-3-5-8-17/h3-5,7-8,18,21H,6,9-14H2,1-2H3/t18-/m0/s1. The fourth-order valence-electron chi connectivity index (χ4n) is 3.56. The predicted molar refractivity (Wildman–Crippen MR) is 106 cm³/mol. The molecule has 1 atom stereocenters. The van der Waals surface area contributed by atoms with E-state index < -0.39 is 10.0 Å². The second-order valence-electron chi connectivity index (χ2n) is 7.42. The zero-order valence-electron chi connectivity index (χ0n) is 16.3. The molecule has 0 unspecified atom stereocenters. The first kappa shape index (κ1) is 20.5. The minimum absolute atomic E-state index is 0.0325. The molecule has 1 fully saturated rings. The van der Waals surface area contributed by atoms with Gasteiger partial charge in [0.25, 0.3) is 0 Å². The summed E-state index contributed by atoms with van der Waals surface area (Å²) in [6.07, 6.45) is 2.05. The lowest BCUT2D eigenvalue weighted by atomic mass is 9.97. The Labute approximate surface area is 166 Å². The van der Waals surface area contributed by atoms with Gasteiger partial charge in [0.05, 0.1) is 17.9 Å². The van der Waals surface area contributed by atoms with Crippen LogP contribution in [0.1, 0.15) is 35.4 Å². The third kappa shape index (κ3) is 5.42. The number of benzene rings is 1. The van der Waals surface area contributed by atoms with Crippen LogP contribution in [-0.4, -0.2) is 44.0 Å². The Hall–Kier alpha value is -2.19. The highest BCUT2D eigenvalue weighted by atomic mass is 32.2. The fraction of sp³-hybridized carbons (Fsp3) is 0.500. The maximum atomic E-state index is 12.7. The average Bonchev–Trinajstić information content (AvgIpc) is 2.99. The molecule has 2 aromatic rings. The van der Waals surface area contributed by atoms with Crippen molar-refractivity contribution in [3.63, 3.8) is 0 Å². The van der Waals surface area contributed by atoms with E-state index in [9.17, 15) is 13.2 Å². The van der Waals surface area contributed by atoms with Crippen molar-refractivity contribution in [2.24, 2.45) is 5.92 Å². The van der Waals surface area contributed by atoms with Gasteiger partial charge in [-0.3, -0.25) is 4.79 Å². The van der Waals surface area contributed by atoms with Crippen LogP contribution in [0, 0.1) is 19.8 Å². The number of hydrogen-bond acceptors (Lipinski definition) is 5. The summed E-state index contributed by atoms with van der Waals surface area (Å²) in [6.45, 7) is 5.26. The number of aryl methyl sites for hydroxylation is 2. The molecule has 0 radical (unpaired) electrons. The van der Waals surface area contributed by atoms with Gasteiger partial charge in [0, 0.05) is 25.2 Å². The molecule has 0 aliphatic carbocycles. The molecule has 2 heterocycles. The second-order valence-corrected chi connectivity index (χ2v) is 9.23. The maximum absolute atomic E-state index is 12.7. The van der Waals surface area contributed by atoms with Crippen molar-refractivity contribution < 1.29 is 17.7 Å². The molecular weight excluding hydrogens is 378 g/mol. The van der Waals surface area contributed by atoms with Gasteiger partial charge in [0.1, 0.15) is 5.76 Å². The molecular formula is C20H27N3O4S. The third-order valence-electron chi connectivity index (χ3n) is 5.17. The van der Waals surface area contributed by atoms with Crippen LogP contribution in [0.5, 0.6) is 0 Å². The van der Waals surface area contributed by atoms with E-state index in [0.717, 1.165) is 29.7 Å². The SMILES string of the molecule is Cc1noc(C)c1CC(=O)N1CCC[C@@H](CNS(=O)(=O)Cc2ccccc2)C1. The smallest absolute Gasteiger partial charge is 0.227 e. The topological polar surface area (TPSA) is 92.5 Å². The van der Waals surface area contributed by atoms with Gasteiger partial charge in [-0.25, -0.2) is 13.1 Å². The molecule has 1 N–H and O–H groups in total. The molecule has 0 spiro atoms. The average molecular weight is 406 g/mol. The third-order valence-corrected chi connectivity index (χ3v) is 6.49. The van der Waals surface area contributed by atoms with E-state index in [1.807, 2.05) is 36.9 Å². The zero-order valence-corrected chi connectivity index (χ0v) is 17.2. The summed E-state index contributed by atoms with van der Waals surface area (Å²) in [5.74, 6) is 0.794. The number of nitrogens with zero attached hydrogens (tertiary/aromatic N) is 2. The van der Waals surface area contributed by atoms with E-state index in [2.05, 4.69) is 9.88 Å². The van der Waals surface area contributed by atoms with Gasteiger partial charge < -0.3 is 9.42 Å². The zero-order chi connectivity index (χ0) is 20.1. The molecule has 1 aromatic carbocycles. The van der Waals surface area contributed by atoms with Crippen molar-refractivity contribution >= 4 is 15.9 Å². The lowest BCUT2D eigenvalue weighted by Crippen LogP contribution is -2.44. The van der Waals surface area contributed by atoms with Gasteiger partial charge in [-0.15, -0.1) is 0 Å². The summed E-state index contributed by atoms with van der Waals surface area (Å²) in [5, 5.41) is 3.90. The number of nitrogens with one attached hydrogen (secondary N) is 1. The molecule has 1 aromatic heterocycles. The molecule has 1 aliphatic rings. The van der Waals surface area contributed by atoms with Crippen molar-refractivity contribution in [3.05, 3.63) is 52.9 Å². The molecule has 1 aliphatic heterocycles. The number of likely N-dealkylation sites (tertiary alicyclic amines) is 1. The highest BCUT2D eigenvalue weighted by molar-refractivity contribution is 7.88. The van der Waals surface area contributed by atoms with Crippen molar-refractivity contribution in [2.45, 2.75) is 38.9 Å². The normalized spacial score (nSPS) is 17.6. The minimum atomic E-state index is -3.40. The Morgan fingerprint density at radius 3 is 2.71 bits per heavy atom. The molecule has 1 saturated heterocycles. The molecule has 8 heteroatoms. The van der Waals surface area contributed by atoms with E-state index >= 15 is 0 Å². The molecule has 28 heavy (non-hydrogen) atoms. The fourth-order valence-corrected chi connectivity index (χ4v) is 4.79. The Bertz CT molecular complexity index is 889. The number of sulfonamides is 1. The quantitative estimate of drug-likeness (QED) is 0.762. The molecule has 0 saturated carbocycles. The number of aromatic nitrogens is 1. The monoisotopic (exact) mass is 405 g/mol. The number of hydrogen-bond donors (Lipinski definition) is 1. The second kappa shape index (κ2) is 8.87. The van der Waals surface area contributed by atoms with Crippen LogP contribution in [0.25, 0.3) is 0 Å². The summed E-state index contributed by atoms with van der Waals surface area (Å²) >= 11 is 0. The summed E-state index contributed by atoms with van der Waals surface area (Å²) < 4.78 is 32.5. The van der Waals surface area contributed by atoms with Crippen LogP contribution in [0.3, 0.4) is 0 Å². The summed E-state index contributed by atoms with van der Waals surface area (Å²) in [7, 11) is -3.40. The largest absolute Gasteiger partial charge is 0.361 e. The molecule has 3 rings (SSSR count). The molecule has 152 valence electrons. The van der Waals surface area contributed by atoms with Gasteiger partial charge >= 0.3 is 0 Å². The molecule has 0 bridgehead atoms. The van der Waals surface area contributed by atoms with Crippen molar-refractivity contribution in [3.8, 4) is 0 Å². The Balaban J connectivity index is 1.52. The number of rotatable bonds is 7. The highest BCUT2D eigenvalue weighted by Gasteiger charge is 2.26. The maximum Gasteiger partial charge on any atom is 0.227 e. The predicted octanol–water partition coefficient (Wildman–Crippen LogP) is 2.19. The Morgan fingerprint density at radius 2 is 2.04 bits per heavy atom. The number of amides is 1. The minimum Gasteiger partial charge on any atom is -0.361 e. The van der Waals surface area contributed by atoms with Gasteiger partial charge in [0.15, 0.2) is 0 Å². The number of piperidine rings is 1. The van der Waals surface area contributed by atoms with Gasteiger partial charge in [-0.2, -0.15) is 0 Å². The number of carbonyl (C=O) groups is 1. The lowest BCUT2D eigenvalue weighted by Gasteiger charge is -2.33. The van der Waals surface area contributed by atoms with Crippen LogP contribution in [-0.2, 0) is 27.0 Å². The molecule has 1 amide bonds. The first-order valence-corrected chi connectivity index (χ1v) is 11.2. The summed E-state index contributed by atoms with van der Waals surface area (Å²) in [4.78, 5) is 14.5. The van der Waals surface area contributed by atoms with Crippen molar-refractivity contribution in [2.75, 3.05) is 19.6 Å². The van der Waals surface area contributed by atoms with Gasteiger partial charge in [0.2, 0.25) is 15.9 Å². The van der Waals surface area contributed by atoms with Crippen LogP contribution >= 0.6 is 0 Å². The van der Waals surface area contributed by atoms with Crippen LogP contribution < -0.4 is 4.72 Å². The summed E-state index contributed by atoms with van der Waals surface area (Å²) in [5.41, 5.74) is 2.35. The van der Waals surface area contributed by atoms with Gasteiger partial charge in [-0.05, 0) is 38.2 Å². The lowest BCUT2D eigenvalue weighted by molar-refractivity contribution is -0.132. The number of carbonyl (C=O) groups excluding carboxylic acids is 1. The molecule has 7 nitrogen and oxygen atoms in total. The van der Waals surface area contributed by atoms with Gasteiger partial charge in [-0.1, -0.05) is 35.5 Å². The first-order valence-electron chi connectivity index (χ1n) is 9.55. The van der Waals surface area contributed by atoms with E-state index in [-0.39, 0.29) is 24.0 Å². The van der Waals surface area contributed by atoms with Crippen molar-refractivity contribution in [1.29, 1.82) is 0 Å². The van der Waals surface area contributed by atoms with E-state index in [1.54, 1.807) is 12.1 Å². The van der Waals surface area contributed by atoms with Crippen LogP contribution in [0.15, 0.2) is 34.9 Å². The van der Waals surface area contributed by atoms with Crippen LogP contribution in [0.4, 0.5) is 0 Å². The van der Waals surface area contributed by atoms with E-state index in [4.69, 9.17) is 4.52 Å². The Morgan fingerprint density at radius 1 is 1.29 bits per heavy atom. The Kier molecular flexibility index (Phi) is 6.51. The van der Waals surface area contributed by atoms with Crippen molar-refractivity contribution in [1.82, 2.24) is 14.8 Å². The van der Waals surface area contributed by atoms with Crippen LogP contribution in [0.2, 0.25) is 0 Å². The van der Waals surface area contributed by atoms with E-state index in [0.29, 0.717) is 25.4 Å². The highest BCUT2D eigenvalue weighted by Crippen LogP contribution is 2.19. The van der Waals surface area contributed by atoms with E-state index in [1.165, 1.54) is 0 Å². The first-order chi connectivity index (χ1) is 13.3.